The first-order chi connectivity index (χ1) is 11.9. The molecule has 1 heterocycles. The first-order valence-corrected chi connectivity index (χ1v) is 8.60. The third kappa shape index (κ3) is 4.64. The Morgan fingerprint density at radius 2 is 1.92 bits per heavy atom. The number of hydrogen-bond donors (Lipinski definition) is 1. The minimum atomic E-state index is -0.499. The van der Waals surface area contributed by atoms with Gasteiger partial charge in [0.05, 0.1) is 0 Å². The lowest BCUT2D eigenvalue weighted by Crippen LogP contribution is -2.46. The predicted octanol–water partition coefficient (Wildman–Crippen LogP) is 2.99. The molecular formula is C19H30O6. The van der Waals surface area contributed by atoms with Crippen LogP contribution in [0.1, 0.15) is 43.7 Å². The van der Waals surface area contributed by atoms with Crippen molar-refractivity contribution in [2.75, 3.05) is 34.4 Å². The van der Waals surface area contributed by atoms with E-state index in [2.05, 4.69) is 0 Å². The highest BCUT2D eigenvalue weighted by atomic mass is 16.7. The van der Waals surface area contributed by atoms with Crippen LogP contribution in [0.4, 0.5) is 0 Å². The average molecular weight is 354 g/mol. The van der Waals surface area contributed by atoms with Gasteiger partial charge < -0.3 is 28.8 Å². The maximum absolute atomic E-state index is 9.53. The van der Waals surface area contributed by atoms with Crippen molar-refractivity contribution in [1.82, 2.24) is 0 Å². The molecule has 0 amide bonds. The summed E-state index contributed by atoms with van der Waals surface area (Å²) in [6.07, 6.45) is 1.30. The molecule has 25 heavy (non-hydrogen) atoms. The third-order valence-corrected chi connectivity index (χ3v) is 4.74. The summed E-state index contributed by atoms with van der Waals surface area (Å²) in [5, 5.41) is 9.53. The van der Waals surface area contributed by atoms with E-state index in [1.54, 1.807) is 14.2 Å². The molecule has 0 aliphatic carbocycles. The van der Waals surface area contributed by atoms with Crippen LogP contribution in [0, 0.1) is 6.92 Å². The van der Waals surface area contributed by atoms with Gasteiger partial charge in [0.2, 0.25) is 0 Å². The SMILES string of the molecule is COCOc1ccc2c(c1C)C(CCO)CC(C(C)(C)OCOC)O2. The Morgan fingerprint density at radius 1 is 1.20 bits per heavy atom. The average Bonchev–Trinajstić information content (AvgIpc) is 2.59. The highest BCUT2D eigenvalue weighted by molar-refractivity contribution is 5.51. The van der Waals surface area contributed by atoms with Crippen molar-refractivity contribution in [3.8, 4) is 11.5 Å². The van der Waals surface area contributed by atoms with Gasteiger partial charge in [0.25, 0.3) is 0 Å². The number of methoxy groups -OCH3 is 2. The van der Waals surface area contributed by atoms with Gasteiger partial charge in [-0.15, -0.1) is 0 Å². The van der Waals surface area contributed by atoms with Crippen LogP contribution < -0.4 is 9.47 Å². The largest absolute Gasteiger partial charge is 0.487 e. The molecule has 1 N–H and O–H groups in total. The fourth-order valence-electron chi connectivity index (χ4n) is 3.30. The molecule has 0 spiro atoms. The molecule has 6 nitrogen and oxygen atoms in total. The summed E-state index contributed by atoms with van der Waals surface area (Å²) in [7, 11) is 3.20. The van der Waals surface area contributed by atoms with Crippen molar-refractivity contribution in [1.29, 1.82) is 0 Å². The van der Waals surface area contributed by atoms with Crippen molar-refractivity contribution in [2.45, 2.75) is 51.2 Å². The summed E-state index contributed by atoms with van der Waals surface area (Å²) in [5.41, 5.74) is 1.63. The molecule has 6 heteroatoms. The third-order valence-electron chi connectivity index (χ3n) is 4.74. The van der Waals surface area contributed by atoms with Crippen molar-refractivity contribution in [3.63, 3.8) is 0 Å². The molecule has 0 aromatic heterocycles. The van der Waals surface area contributed by atoms with Crippen LogP contribution in [0.15, 0.2) is 12.1 Å². The molecule has 2 atom stereocenters. The predicted molar refractivity (Wildman–Crippen MR) is 94.2 cm³/mol. The number of hydrogen-bond acceptors (Lipinski definition) is 6. The standard InChI is InChI=1S/C19H30O6/c1-13-15(23-11-21-4)6-7-16-18(13)14(8-9-20)10-17(25-16)19(2,3)24-12-22-5/h6-7,14,17,20H,8-12H2,1-5H3. The molecule has 1 aliphatic rings. The van der Waals surface area contributed by atoms with Crippen LogP contribution in [0.25, 0.3) is 0 Å². The topological polar surface area (TPSA) is 66.4 Å². The summed E-state index contributed by atoms with van der Waals surface area (Å²) in [6.45, 7) is 6.56. The van der Waals surface area contributed by atoms with E-state index in [4.69, 9.17) is 23.7 Å². The number of aliphatic hydroxyl groups is 1. The van der Waals surface area contributed by atoms with E-state index in [0.29, 0.717) is 6.42 Å². The molecule has 2 rings (SSSR count). The van der Waals surface area contributed by atoms with Crippen molar-refractivity contribution >= 4 is 0 Å². The van der Waals surface area contributed by atoms with Gasteiger partial charge in [0, 0.05) is 26.4 Å². The zero-order valence-corrected chi connectivity index (χ0v) is 15.8. The molecule has 1 aromatic carbocycles. The number of benzene rings is 1. The first kappa shape index (κ1) is 20.0. The van der Waals surface area contributed by atoms with E-state index in [0.717, 1.165) is 29.0 Å². The molecule has 2 unspecified atom stereocenters. The first-order valence-electron chi connectivity index (χ1n) is 8.60. The normalized spacial score (nSPS) is 20.1. The summed E-state index contributed by atoms with van der Waals surface area (Å²) < 4.78 is 27.8. The van der Waals surface area contributed by atoms with Gasteiger partial charge in [-0.2, -0.15) is 0 Å². The molecule has 0 radical (unpaired) electrons. The molecule has 0 saturated heterocycles. The van der Waals surface area contributed by atoms with Crippen LogP contribution in [0.5, 0.6) is 11.5 Å². The molecular weight excluding hydrogens is 324 g/mol. The number of fused-ring (bicyclic) bond motifs is 1. The lowest BCUT2D eigenvalue weighted by atomic mass is 9.81. The number of aliphatic hydroxyl groups excluding tert-OH is 1. The van der Waals surface area contributed by atoms with E-state index >= 15 is 0 Å². The Labute approximate surface area is 150 Å². The quantitative estimate of drug-likeness (QED) is 0.688. The second kappa shape index (κ2) is 8.85. The molecule has 1 aromatic rings. The summed E-state index contributed by atoms with van der Waals surface area (Å²) in [6, 6.07) is 3.82. The minimum absolute atomic E-state index is 0.124. The van der Waals surface area contributed by atoms with Crippen molar-refractivity contribution in [3.05, 3.63) is 23.3 Å². The van der Waals surface area contributed by atoms with Crippen LogP contribution >= 0.6 is 0 Å². The fourth-order valence-corrected chi connectivity index (χ4v) is 3.30. The van der Waals surface area contributed by atoms with E-state index in [1.807, 2.05) is 32.9 Å². The zero-order chi connectivity index (χ0) is 18.4. The zero-order valence-electron chi connectivity index (χ0n) is 15.8. The van der Waals surface area contributed by atoms with Crippen molar-refractivity contribution in [2.24, 2.45) is 0 Å². The smallest absolute Gasteiger partial charge is 0.188 e. The van der Waals surface area contributed by atoms with Crippen LogP contribution in [-0.4, -0.2) is 51.2 Å². The number of ether oxygens (including phenoxy) is 5. The van der Waals surface area contributed by atoms with Crippen LogP contribution in [0.2, 0.25) is 0 Å². The number of rotatable bonds is 9. The maximum atomic E-state index is 9.53. The molecule has 0 bridgehead atoms. The van der Waals surface area contributed by atoms with Gasteiger partial charge in [0.1, 0.15) is 30.0 Å². The summed E-state index contributed by atoms with van der Waals surface area (Å²) in [4.78, 5) is 0. The van der Waals surface area contributed by atoms with Gasteiger partial charge in [-0.1, -0.05) is 0 Å². The van der Waals surface area contributed by atoms with Gasteiger partial charge in [-0.25, -0.2) is 0 Å². The lowest BCUT2D eigenvalue weighted by Gasteiger charge is -2.41. The summed E-state index contributed by atoms with van der Waals surface area (Å²) >= 11 is 0. The highest BCUT2D eigenvalue weighted by Crippen LogP contribution is 2.45. The highest BCUT2D eigenvalue weighted by Gasteiger charge is 2.39. The van der Waals surface area contributed by atoms with E-state index in [9.17, 15) is 5.11 Å². The monoisotopic (exact) mass is 354 g/mol. The van der Waals surface area contributed by atoms with Gasteiger partial charge >= 0.3 is 0 Å². The van der Waals surface area contributed by atoms with E-state index in [1.165, 1.54) is 0 Å². The molecule has 142 valence electrons. The van der Waals surface area contributed by atoms with Gasteiger partial charge in [0.15, 0.2) is 6.79 Å². The second-order valence-corrected chi connectivity index (χ2v) is 6.86. The van der Waals surface area contributed by atoms with E-state index in [-0.39, 0.29) is 32.2 Å². The molecule has 1 aliphatic heterocycles. The van der Waals surface area contributed by atoms with E-state index < -0.39 is 5.60 Å². The Balaban J connectivity index is 2.31. The lowest BCUT2D eigenvalue weighted by molar-refractivity contribution is -0.158. The Bertz CT molecular complexity index is 557. The van der Waals surface area contributed by atoms with Gasteiger partial charge in [-0.3, -0.25) is 0 Å². The Kier molecular flexibility index (Phi) is 7.07. The summed E-state index contributed by atoms with van der Waals surface area (Å²) in [5.74, 6) is 1.78. The van der Waals surface area contributed by atoms with Gasteiger partial charge in [-0.05, 0) is 57.2 Å². The van der Waals surface area contributed by atoms with Crippen LogP contribution in [-0.2, 0) is 14.2 Å². The fraction of sp³-hybridized carbons (Fsp3) is 0.684. The second-order valence-electron chi connectivity index (χ2n) is 6.86. The minimum Gasteiger partial charge on any atom is -0.487 e. The van der Waals surface area contributed by atoms with Crippen LogP contribution in [0.3, 0.4) is 0 Å². The molecule has 0 saturated carbocycles. The Hall–Kier alpha value is -1.34. The maximum Gasteiger partial charge on any atom is 0.188 e. The van der Waals surface area contributed by atoms with Crippen molar-refractivity contribution < 1.29 is 28.8 Å². The molecule has 0 fully saturated rings. The Morgan fingerprint density at radius 3 is 2.56 bits per heavy atom.